The fourth-order valence-corrected chi connectivity index (χ4v) is 9.37. The number of aromatic nitrogens is 1. The number of fused-ring (bicyclic) bond motifs is 10. The zero-order valence-electron chi connectivity index (χ0n) is 27.9. The molecule has 0 amide bonds. The summed E-state index contributed by atoms with van der Waals surface area (Å²) >= 11 is 1.82. The van der Waals surface area contributed by atoms with E-state index in [1.807, 2.05) is 17.4 Å². The molecule has 0 unspecified atom stereocenters. The van der Waals surface area contributed by atoms with Gasteiger partial charge in [-0.1, -0.05) is 103 Å². The summed E-state index contributed by atoms with van der Waals surface area (Å²) in [4.78, 5) is 0. The van der Waals surface area contributed by atoms with Gasteiger partial charge in [0.15, 0.2) is 0 Å². The lowest BCUT2D eigenvalue weighted by Crippen LogP contribution is -2.02. The van der Waals surface area contributed by atoms with E-state index < -0.39 is 0 Å². The minimum Gasteiger partial charge on any atom is -0.506 e. The Morgan fingerprint density at radius 2 is 1.25 bits per heavy atom. The Labute approximate surface area is 302 Å². The number of para-hydroxylation sites is 2. The highest BCUT2D eigenvalue weighted by Gasteiger charge is 2.20. The third-order valence-electron chi connectivity index (χ3n) is 10.6. The van der Waals surface area contributed by atoms with Crippen LogP contribution in [0.2, 0.25) is 0 Å². The molecule has 2 N–H and O–H groups in total. The first-order valence-corrected chi connectivity index (χ1v) is 18.3. The topological polar surface area (TPSA) is 50.3 Å². The molecule has 0 fully saturated rings. The van der Waals surface area contributed by atoms with Crippen LogP contribution in [0.3, 0.4) is 0 Å². The zero-order valence-corrected chi connectivity index (χ0v) is 28.7. The number of hydrogen-bond acceptors (Lipinski definition) is 4. The van der Waals surface area contributed by atoms with Crippen LogP contribution < -0.4 is 5.32 Å². The van der Waals surface area contributed by atoms with E-state index in [4.69, 9.17) is 4.42 Å². The molecule has 8 aromatic carbocycles. The zero-order chi connectivity index (χ0) is 34.3. The van der Waals surface area contributed by atoms with Gasteiger partial charge in [0.1, 0.15) is 16.9 Å². The monoisotopic (exact) mass is 686 g/mol. The van der Waals surface area contributed by atoms with Crippen molar-refractivity contribution in [3.63, 3.8) is 0 Å². The van der Waals surface area contributed by atoms with E-state index in [1.54, 1.807) is 6.07 Å². The summed E-state index contributed by atoms with van der Waals surface area (Å²) in [6.45, 7) is 0.533. The van der Waals surface area contributed by atoms with Gasteiger partial charge in [-0.05, 0) is 82.1 Å². The fraction of sp³-hybridized carbons (Fsp3) is 0.0213. The van der Waals surface area contributed by atoms with Gasteiger partial charge in [-0.3, -0.25) is 0 Å². The van der Waals surface area contributed by atoms with Crippen LogP contribution >= 0.6 is 11.3 Å². The van der Waals surface area contributed by atoms with E-state index >= 15 is 0 Å². The van der Waals surface area contributed by atoms with E-state index in [9.17, 15) is 5.11 Å². The van der Waals surface area contributed by atoms with Crippen LogP contribution in [0.4, 0.5) is 5.69 Å². The van der Waals surface area contributed by atoms with Crippen molar-refractivity contribution in [1.29, 1.82) is 0 Å². The van der Waals surface area contributed by atoms with Crippen LogP contribution in [-0.2, 0) is 6.54 Å². The van der Waals surface area contributed by atoms with E-state index in [1.165, 1.54) is 64.0 Å². The SMILES string of the molecule is Oc1ccc2oc3cc(-c4ccc5ccccc5c4)ccc3c2c1NCc1ccc(-n2c3ccccc3c3ccccc32)c2c1sc1ccccc12. The number of nitrogens with one attached hydrogen (secondary N) is 1. The van der Waals surface area contributed by atoms with Gasteiger partial charge in [0.05, 0.1) is 27.8 Å². The summed E-state index contributed by atoms with van der Waals surface area (Å²) < 4.78 is 11.3. The molecule has 0 aliphatic carbocycles. The lowest BCUT2D eigenvalue weighted by molar-refractivity contribution is 0.477. The van der Waals surface area contributed by atoms with Crippen LogP contribution in [0.15, 0.2) is 162 Å². The predicted molar refractivity (Wildman–Crippen MR) is 219 cm³/mol. The van der Waals surface area contributed by atoms with Gasteiger partial charge in [-0.15, -0.1) is 11.3 Å². The number of hydrogen-bond donors (Lipinski definition) is 2. The Hall–Kier alpha value is -6.56. The molecule has 246 valence electrons. The lowest BCUT2D eigenvalue weighted by atomic mass is 10.00. The van der Waals surface area contributed by atoms with E-state index in [0.717, 1.165) is 33.1 Å². The Bertz CT molecular complexity index is 3170. The molecule has 11 aromatic rings. The average molecular weight is 687 g/mol. The minimum absolute atomic E-state index is 0.197. The average Bonchev–Trinajstić information content (AvgIpc) is 3.87. The van der Waals surface area contributed by atoms with Gasteiger partial charge in [0.2, 0.25) is 0 Å². The maximum absolute atomic E-state index is 11.3. The molecule has 0 spiro atoms. The highest BCUT2D eigenvalue weighted by Crippen LogP contribution is 2.44. The second-order valence-corrected chi connectivity index (χ2v) is 14.5. The molecular weight excluding hydrogens is 657 g/mol. The molecule has 0 bridgehead atoms. The Morgan fingerprint density at radius 3 is 2.08 bits per heavy atom. The number of anilines is 1. The number of thiophene rings is 1. The van der Waals surface area contributed by atoms with Crippen LogP contribution in [-0.4, -0.2) is 9.67 Å². The molecule has 0 saturated carbocycles. The summed E-state index contributed by atoms with van der Waals surface area (Å²) in [5.41, 5.74) is 9.15. The lowest BCUT2D eigenvalue weighted by Gasteiger charge is -2.14. The molecule has 4 nitrogen and oxygen atoms in total. The predicted octanol–water partition coefficient (Wildman–Crippen LogP) is 13.2. The van der Waals surface area contributed by atoms with E-state index in [-0.39, 0.29) is 5.75 Å². The number of furan rings is 1. The maximum atomic E-state index is 11.3. The van der Waals surface area contributed by atoms with Crippen LogP contribution in [0.25, 0.3) is 91.5 Å². The van der Waals surface area contributed by atoms with Crippen molar-refractivity contribution >= 4 is 91.7 Å². The third kappa shape index (κ3) is 4.33. The number of benzene rings is 8. The van der Waals surface area contributed by atoms with Gasteiger partial charge >= 0.3 is 0 Å². The highest BCUT2D eigenvalue weighted by molar-refractivity contribution is 7.26. The summed E-state index contributed by atoms with van der Waals surface area (Å²) in [6, 6.07) is 55.4. The Balaban J connectivity index is 1.03. The molecule has 0 aliphatic heterocycles. The van der Waals surface area contributed by atoms with Crippen LogP contribution in [0.1, 0.15) is 5.56 Å². The molecular formula is C47H30N2O2S. The van der Waals surface area contributed by atoms with Gasteiger partial charge in [-0.2, -0.15) is 0 Å². The van der Waals surface area contributed by atoms with Gasteiger partial charge in [0.25, 0.3) is 0 Å². The van der Waals surface area contributed by atoms with Gasteiger partial charge in [0, 0.05) is 42.9 Å². The molecule has 0 radical (unpaired) electrons. The van der Waals surface area contributed by atoms with Crippen LogP contribution in [0.5, 0.6) is 5.75 Å². The van der Waals surface area contributed by atoms with Gasteiger partial charge < -0.3 is 19.4 Å². The van der Waals surface area contributed by atoms with Crippen molar-refractivity contribution in [2.75, 3.05) is 5.32 Å². The third-order valence-corrected chi connectivity index (χ3v) is 11.8. The minimum atomic E-state index is 0.197. The number of phenolic OH excluding ortho intramolecular Hbond substituents is 1. The molecule has 52 heavy (non-hydrogen) atoms. The van der Waals surface area contributed by atoms with Crippen molar-refractivity contribution in [2.24, 2.45) is 0 Å². The molecule has 5 heteroatoms. The van der Waals surface area contributed by atoms with E-state index in [0.29, 0.717) is 12.2 Å². The van der Waals surface area contributed by atoms with Crippen LogP contribution in [0, 0.1) is 0 Å². The molecule has 3 aromatic heterocycles. The molecule has 0 aliphatic rings. The number of rotatable bonds is 5. The summed E-state index contributed by atoms with van der Waals surface area (Å²) in [6.07, 6.45) is 0. The first-order valence-electron chi connectivity index (χ1n) is 17.5. The summed E-state index contributed by atoms with van der Waals surface area (Å²) in [7, 11) is 0. The first-order chi connectivity index (χ1) is 25.7. The van der Waals surface area contributed by atoms with E-state index in [2.05, 4.69) is 155 Å². The number of nitrogens with zero attached hydrogens (tertiary/aromatic N) is 1. The second-order valence-electron chi connectivity index (χ2n) is 13.5. The molecule has 0 atom stereocenters. The quantitative estimate of drug-likeness (QED) is 0.177. The molecule has 3 heterocycles. The van der Waals surface area contributed by atoms with Crippen molar-refractivity contribution in [3.8, 4) is 22.6 Å². The molecule has 0 saturated heterocycles. The second kappa shape index (κ2) is 11.2. The Morgan fingerprint density at radius 1 is 0.558 bits per heavy atom. The number of phenols is 1. The van der Waals surface area contributed by atoms with Crippen molar-refractivity contribution in [2.45, 2.75) is 6.54 Å². The Kier molecular flexibility index (Phi) is 6.30. The number of aromatic hydroxyl groups is 1. The summed E-state index contributed by atoms with van der Waals surface area (Å²) in [5.74, 6) is 0.197. The molecule has 11 rings (SSSR count). The van der Waals surface area contributed by atoms with Gasteiger partial charge in [-0.25, -0.2) is 0 Å². The largest absolute Gasteiger partial charge is 0.506 e. The smallest absolute Gasteiger partial charge is 0.139 e. The summed E-state index contributed by atoms with van der Waals surface area (Å²) in [5, 5.41) is 24.2. The van der Waals surface area contributed by atoms with Crippen molar-refractivity contribution in [1.82, 2.24) is 4.57 Å². The normalized spacial score (nSPS) is 12.0. The van der Waals surface area contributed by atoms with Crippen molar-refractivity contribution < 1.29 is 9.52 Å². The highest BCUT2D eigenvalue weighted by atomic mass is 32.1. The fourth-order valence-electron chi connectivity index (χ4n) is 8.14. The maximum Gasteiger partial charge on any atom is 0.139 e. The first kappa shape index (κ1) is 29.2. The van der Waals surface area contributed by atoms with Crippen molar-refractivity contribution in [3.05, 3.63) is 163 Å². The standard InChI is InChI=1S/C47H30N2O2S/c50-40-23-24-41-45(35-21-19-31(26-42(35)51-41)30-18-17-28-9-1-2-10-29(28)25-30)46(40)48-27-32-20-22-39(44-36-13-5-8-16-43(36)52-47(32)44)49-37-14-6-3-11-33(37)34-12-4-7-15-38(34)49/h1-26,48,50H,27H2.